The van der Waals surface area contributed by atoms with Crippen LogP contribution in [0.3, 0.4) is 0 Å². The highest BCUT2D eigenvalue weighted by molar-refractivity contribution is 7.89. The standard InChI is InChI=1S/C15H16FNO3S/c1-11(12-7-9-13(20-2)10-8-12)17-21(18,19)15-6-4-3-5-14(15)16/h3-11,17H,1-2H3. The van der Waals surface area contributed by atoms with Gasteiger partial charge in [0.05, 0.1) is 7.11 Å². The van der Waals surface area contributed by atoms with Gasteiger partial charge < -0.3 is 4.74 Å². The number of halogens is 1. The van der Waals surface area contributed by atoms with Gasteiger partial charge in [-0.2, -0.15) is 0 Å². The molecule has 0 spiro atoms. The van der Waals surface area contributed by atoms with E-state index in [0.29, 0.717) is 5.75 Å². The van der Waals surface area contributed by atoms with E-state index in [9.17, 15) is 12.8 Å². The number of hydrogen-bond donors (Lipinski definition) is 1. The van der Waals surface area contributed by atoms with Gasteiger partial charge in [0.25, 0.3) is 0 Å². The minimum Gasteiger partial charge on any atom is -0.497 e. The minimum atomic E-state index is -3.91. The summed E-state index contributed by atoms with van der Waals surface area (Å²) >= 11 is 0. The third kappa shape index (κ3) is 3.59. The molecular formula is C15H16FNO3S. The average molecular weight is 309 g/mol. The lowest BCUT2D eigenvalue weighted by molar-refractivity contribution is 0.414. The lowest BCUT2D eigenvalue weighted by Crippen LogP contribution is -2.27. The van der Waals surface area contributed by atoms with Crippen molar-refractivity contribution in [2.45, 2.75) is 17.9 Å². The summed E-state index contributed by atoms with van der Waals surface area (Å²) < 4.78 is 45.5. The summed E-state index contributed by atoms with van der Waals surface area (Å²) in [4.78, 5) is -0.356. The number of benzene rings is 2. The van der Waals surface area contributed by atoms with Crippen molar-refractivity contribution in [2.24, 2.45) is 0 Å². The van der Waals surface area contributed by atoms with Gasteiger partial charge in [-0.25, -0.2) is 17.5 Å². The Balaban J connectivity index is 2.21. The summed E-state index contributed by atoms with van der Waals surface area (Å²) in [6, 6.07) is 11.8. The molecule has 0 fully saturated rings. The molecule has 0 radical (unpaired) electrons. The Morgan fingerprint density at radius 3 is 2.29 bits per heavy atom. The zero-order valence-corrected chi connectivity index (χ0v) is 12.5. The Hall–Kier alpha value is -1.92. The number of rotatable bonds is 5. The van der Waals surface area contributed by atoms with Crippen molar-refractivity contribution in [3.63, 3.8) is 0 Å². The van der Waals surface area contributed by atoms with Crippen LogP contribution >= 0.6 is 0 Å². The quantitative estimate of drug-likeness (QED) is 0.924. The van der Waals surface area contributed by atoms with Crippen LogP contribution in [-0.4, -0.2) is 15.5 Å². The van der Waals surface area contributed by atoms with Gasteiger partial charge in [0.15, 0.2) is 0 Å². The SMILES string of the molecule is COc1ccc(C(C)NS(=O)(=O)c2ccccc2F)cc1. The molecule has 0 amide bonds. The average Bonchev–Trinajstić information content (AvgIpc) is 2.47. The Morgan fingerprint density at radius 1 is 1.10 bits per heavy atom. The molecule has 21 heavy (non-hydrogen) atoms. The van der Waals surface area contributed by atoms with Crippen molar-refractivity contribution in [2.75, 3.05) is 7.11 Å². The molecule has 2 aromatic rings. The van der Waals surface area contributed by atoms with E-state index in [1.807, 2.05) is 0 Å². The van der Waals surface area contributed by atoms with Gasteiger partial charge in [-0.3, -0.25) is 0 Å². The molecule has 2 aromatic carbocycles. The van der Waals surface area contributed by atoms with Crippen molar-refractivity contribution in [3.05, 3.63) is 59.9 Å². The molecule has 0 heterocycles. The van der Waals surface area contributed by atoms with Crippen molar-refractivity contribution >= 4 is 10.0 Å². The molecule has 2 rings (SSSR count). The van der Waals surface area contributed by atoms with Crippen LogP contribution in [0.1, 0.15) is 18.5 Å². The van der Waals surface area contributed by atoms with E-state index < -0.39 is 21.9 Å². The topological polar surface area (TPSA) is 55.4 Å². The molecule has 0 aliphatic heterocycles. The van der Waals surface area contributed by atoms with Crippen molar-refractivity contribution in [3.8, 4) is 5.75 Å². The summed E-state index contributed by atoms with van der Waals surface area (Å²) in [7, 11) is -2.36. The van der Waals surface area contributed by atoms with E-state index in [0.717, 1.165) is 11.6 Å². The Bertz CT molecular complexity index is 714. The molecule has 0 aliphatic carbocycles. The summed E-state index contributed by atoms with van der Waals surface area (Å²) in [6.45, 7) is 1.69. The first-order valence-electron chi connectivity index (χ1n) is 6.35. The first-order chi connectivity index (χ1) is 9.94. The summed E-state index contributed by atoms with van der Waals surface area (Å²) in [6.07, 6.45) is 0. The fourth-order valence-corrected chi connectivity index (χ4v) is 3.23. The number of sulfonamides is 1. The van der Waals surface area contributed by atoms with Gasteiger partial charge >= 0.3 is 0 Å². The van der Waals surface area contributed by atoms with Gasteiger partial charge in [-0.1, -0.05) is 24.3 Å². The molecule has 0 bridgehead atoms. The highest BCUT2D eigenvalue weighted by Crippen LogP contribution is 2.20. The van der Waals surface area contributed by atoms with Crippen LogP contribution in [0.2, 0.25) is 0 Å². The van der Waals surface area contributed by atoms with Gasteiger partial charge in [-0.05, 0) is 36.8 Å². The predicted octanol–water partition coefficient (Wildman–Crippen LogP) is 2.87. The summed E-state index contributed by atoms with van der Waals surface area (Å²) in [5.74, 6) is -0.0881. The molecule has 0 saturated carbocycles. The maximum Gasteiger partial charge on any atom is 0.244 e. The zero-order chi connectivity index (χ0) is 15.5. The van der Waals surface area contributed by atoms with Crippen LogP contribution in [-0.2, 0) is 10.0 Å². The van der Waals surface area contributed by atoms with E-state index in [4.69, 9.17) is 4.74 Å². The maximum atomic E-state index is 13.6. The molecule has 0 aliphatic rings. The summed E-state index contributed by atoms with van der Waals surface area (Å²) in [5.41, 5.74) is 0.760. The van der Waals surface area contributed by atoms with Gasteiger partial charge in [0.1, 0.15) is 16.5 Å². The van der Waals surface area contributed by atoms with Crippen LogP contribution in [0, 0.1) is 5.82 Å². The van der Waals surface area contributed by atoms with Crippen molar-refractivity contribution in [1.82, 2.24) is 4.72 Å². The van der Waals surface area contributed by atoms with Crippen LogP contribution in [0.25, 0.3) is 0 Å². The maximum absolute atomic E-state index is 13.6. The molecule has 112 valence electrons. The molecule has 0 saturated heterocycles. The number of nitrogens with one attached hydrogen (secondary N) is 1. The zero-order valence-electron chi connectivity index (χ0n) is 11.7. The van der Waals surface area contributed by atoms with Crippen LogP contribution in [0.5, 0.6) is 5.75 Å². The van der Waals surface area contributed by atoms with Crippen molar-refractivity contribution < 1.29 is 17.5 Å². The van der Waals surface area contributed by atoms with E-state index >= 15 is 0 Å². The van der Waals surface area contributed by atoms with Crippen LogP contribution in [0.4, 0.5) is 4.39 Å². The lowest BCUT2D eigenvalue weighted by atomic mass is 10.1. The molecule has 0 aromatic heterocycles. The molecule has 1 N–H and O–H groups in total. The Morgan fingerprint density at radius 2 is 1.71 bits per heavy atom. The Labute approximate surface area is 123 Å². The lowest BCUT2D eigenvalue weighted by Gasteiger charge is -2.15. The van der Waals surface area contributed by atoms with Crippen LogP contribution < -0.4 is 9.46 Å². The highest BCUT2D eigenvalue weighted by atomic mass is 32.2. The molecular weight excluding hydrogens is 293 g/mol. The smallest absolute Gasteiger partial charge is 0.244 e. The van der Waals surface area contributed by atoms with Crippen LogP contribution in [0.15, 0.2) is 53.4 Å². The van der Waals surface area contributed by atoms with E-state index in [-0.39, 0.29) is 4.90 Å². The number of ether oxygens (including phenoxy) is 1. The largest absolute Gasteiger partial charge is 0.497 e. The first-order valence-corrected chi connectivity index (χ1v) is 7.83. The third-order valence-corrected chi connectivity index (χ3v) is 4.65. The second-order valence-corrected chi connectivity index (χ2v) is 6.23. The minimum absolute atomic E-state index is 0.356. The highest BCUT2D eigenvalue weighted by Gasteiger charge is 2.21. The van der Waals surface area contributed by atoms with E-state index in [1.165, 1.54) is 18.2 Å². The van der Waals surface area contributed by atoms with Gasteiger partial charge in [0, 0.05) is 6.04 Å². The van der Waals surface area contributed by atoms with Gasteiger partial charge in [0.2, 0.25) is 10.0 Å². The number of methoxy groups -OCH3 is 1. The van der Waals surface area contributed by atoms with Crippen molar-refractivity contribution in [1.29, 1.82) is 0 Å². The molecule has 6 heteroatoms. The summed E-state index contributed by atoms with van der Waals surface area (Å²) in [5, 5.41) is 0. The fraction of sp³-hybridized carbons (Fsp3) is 0.200. The second-order valence-electron chi connectivity index (χ2n) is 4.55. The fourth-order valence-electron chi connectivity index (χ4n) is 1.92. The molecule has 4 nitrogen and oxygen atoms in total. The molecule has 1 atom stereocenters. The normalized spacial score (nSPS) is 12.9. The van der Waals surface area contributed by atoms with E-state index in [1.54, 1.807) is 38.3 Å². The Kier molecular flexibility index (Phi) is 4.59. The number of hydrogen-bond acceptors (Lipinski definition) is 3. The van der Waals surface area contributed by atoms with Gasteiger partial charge in [-0.15, -0.1) is 0 Å². The third-order valence-electron chi connectivity index (χ3n) is 3.07. The molecule has 1 unspecified atom stereocenters. The monoisotopic (exact) mass is 309 g/mol. The van der Waals surface area contributed by atoms with E-state index in [2.05, 4.69) is 4.72 Å². The predicted molar refractivity (Wildman–Crippen MR) is 78.1 cm³/mol. The second kappa shape index (κ2) is 6.24. The first kappa shape index (κ1) is 15.5.